The Kier molecular flexibility index (Phi) is 7.50. The largest absolute Gasteiger partial charge is 0.489 e. The minimum Gasteiger partial charge on any atom is -0.489 e. The Balaban J connectivity index is 1.71. The maximum Gasteiger partial charge on any atom is 0.138 e. The van der Waals surface area contributed by atoms with Crippen LogP contribution in [0.3, 0.4) is 0 Å². The van der Waals surface area contributed by atoms with Gasteiger partial charge in [-0.05, 0) is 50.7 Å². The van der Waals surface area contributed by atoms with Crippen molar-refractivity contribution < 1.29 is 14.2 Å². The van der Waals surface area contributed by atoms with Gasteiger partial charge in [0, 0.05) is 32.3 Å². The monoisotopic (exact) mass is 335 g/mol. The van der Waals surface area contributed by atoms with E-state index in [9.17, 15) is 0 Å². The van der Waals surface area contributed by atoms with E-state index in [1.54, 1.807) is 7.11 Å². The summed E-state index contributed by atoms with van der Waals surface area (Å²) in [5.74, 6) is 2.06. The number of hydrogen-bond acceptors (Lipinski definition) is 4. The van der Waals surface area contributed by atoms with Gasteiger partial charge in [0.15, 0.2) is 0 Å². The summed E-state index contributed by atoms with van der Waals surface area (Å²) in [5.41, 5.74) is 1.13. The Labute approximate surface area is 146 Å². The molecule has 0 spiro atoms. The average Bonchev–Trinajstić information content (AvgIpc) is 2.46. The lowest BCUT2D eigenvalue weighted by molar-refractivity contribution is -0.0850. The summed E-state index contributed by atoms with van der Waals surface area (Å²) < 4.78 is 16.9. The van der Waals surface area contributed by atoms with Crippen molar-refractivity contribution in [3.8, 4) is 5.75 Å². The molecular weight excluding hydrogens is 302 g/mol. The SMILES string of the molecule is COCC(C)CC(C)Cc1ccc(OC2CC(OC(C)C)C2)cn1. The molecule has 1 saturated carbocycles. The van der Waals surface area contributed by atoms with Gasteiger partial charge in [0.05, 0.1) is 18.4 Å². The van der Waals surface area contributed by atoms with Crippen molar-refractivity contribution in [2.24, 2.45) is 11.8 Å². The molecule has 0 saturated heterocycles. The third-order valence-corrected chi connectivity index (χ3v) is 4.43. The van der Waals surface area contributed by atoms with Crippen molar-refractivity contribution in [1.29, 1.82) is 0 Å². The highest BCUT2D eigenvalue weighted by Gasteiger charge is 2.32. The zero-order valence-corrected chi connectivity index (χ0v) is 15.8. The minimum absolute atomic E-state index is 0.273. The van der Waals surface area contributed by atoms with Gasteiger partial charge in [-0.2, -0.15) is 0 Å². The van der Waals surface area contributed by atoms with Crippen molar-refractivity contribution in [2.45, 2.75) is 71.7 Å². The molecule has 0 bridgehead atoms. The first-order chi connectivity index (χ1) is 11.5. The van der Waals surface area contributed by atoms with Crippen LogP contribution < -0.4 is 4.74 Å². The molecule has 0 aliphatic heterocycles. The molecule has 1 aliphatic rings. The van der Waals surface area contributed by atoms with Gasteiger partial charge >= 0.3 is 0 Å². The first kappa shape index (κ1) is 19.2. The Morgan fingerprint density at radius 3 is 2.42 bits per heavy atom. The number of aromatic nitrogens is 1. The first-order valence-electron chi connectivity index (χ1n) is 9.22. The quantitative estimate of drug-likeness (QED) is 0.640. The van der Waals surface area contributed by atoms with Gasteiger partial charge in [-0.3, -0.25) is 4.98 Å². The Bertz CT molecular complexity index is 468. The van der Waals surface area contributed by atoms with Crippen LogP contribution >= 0.6 is 0 Å². The van der Waals surface area contributed by atoms with E-state index in [1.165, 1.54) is 0 Å². The van der Waals surface area contributed by atoms with E-state index in [0.29, 0.717) is 24.0 Å². The number of nitrogens with zero attached hydrogens (tertiary/aromatic N) is 1. The molecule has 1 aliphatic carbocycles. The van der Waals surface area contributed by atoms with Crippen molar-refractivity contribution >= 4 is 0 Å². The second kappa shape index (κ2) is 9.38. The number of pyridine rings is 1. The van der Waals surface area contributed by atoms with Crippen molar-refractivity contribution in [3.63, 3.8) is 0 Å². The van der Waals surface area contributed by atoms with E-state index >= 15 is 0 Å². The molecule has 2 rings (SSSR count). The van der Waals surface area contributed by atoms with E-state index in [-0.39, 0.29) is 6.10 Å². The van der Waals surface area contributed by atoms with E-state index in [2.05, 4.69) is 38.7 Å². The molecule has 1 aromatic heterocycles. The van der Waals surface area contributed by atoms with Gasteiger partial charge in [0.2, 0.25) is 0 Å². The van der Waals surface area contributed by atoms with Crippen LogP contribution in [-0.2, 0) is 15.9 Å². The highest BCUT2D eigenvalue weighted by molar-refractivity contribution is 5.20. The molecule has 2 unspecified atom stereocenters. The van der Waals surface area contributed by atoms with Crippen LogP contribution in [0.1, 0.15) is 52.7 Å². The summed E-state index contributed by atoms with van der Waals surface area (Å²) in [6.45, 7) is 9.50. The summed E-state index contributed by atoms with van der Waals surface area (Å²) in [6.07, 6.45) is 6.91. The third-order valence-electron chi connectivity index (χ3n) is 4.43. The summed E-state index contributed by atoms with van der Waals surface area (Å²) in [7, 11) is 1.76. The Morgan fingerprint density at radius 2 is 1.83 bits per heavy atom. The summed E-state index contributed by atoms with van der Waals surface area (Å²) in [6, 6.07) is 4.14. The van der Waals surface area contributed by atoms with Gasteiger partial charge in [0.25, 0.3) is 0 Å². The lowest BCUT2D eigenvalue weighted by Gasteiger charge is -2.36. The minimum atomic E-state index is 0.273. The molecule has 0 N–H and O–H groups in total. The summed E-state index contributed by atoms with van der Waals surface area (Å²) in [4.78, 5) is 4.56. The number of hydrogen-bond donors (Lipinski definition) is 0. The second-order valence-electron chi connectivity index (χ2n) is 7.61. The number of ether oxygens (including phenoxy) is 3. The van der Waals surface area contributed by atoms with Gasteiger partial charge in [-0.15, -0.1) is 0 Å². The van der Waals surface area contributed by atoms with Gasteiger partial charge in [0.1, 0.15) is 11.9 Å². The summed E-state index contributed by atoms with van der Waals surface area (Å²) >= 11 is 0. The fourth-order valence-electron chi connectivity index (χ4n) is 3.38. The molecule has 4 heteroatoms. The molecule has 1 heterocycles. The molecule has 2 atom stereocenters. The Morgan fingerprint density at radius 1 is 1.08 bits per heavy atom. The molecule has 0 radical (unpaired) electrons. The molecule has 1 aromatic rings. The van der Waals surface area contributed by atoms with Gasteiger partial charge in [-0.1, -0.05) is 13.8 Å². The van der Waals surface area contributed by atoms with Crippen LogP contribution in [0.4, 0.5) is 0 Å². The van der Waals surface area contributed by atoms with Gasteiger partial charge in [-0.25, -0.2) is 0 Å². The maximum absolute atomic E-state index is 5.96. The number of methoxy groups -OCH3 is 1. The predicted molar refractivity (Wildman–Crippen MR) is 96.4 cm³/mol. The Hall–Kier alpha value is -1.13. The van der Waals surface area contributed by atoms with Crippen molar-refractivity contribution in [3.05, 3.63) is 24.0 Å². The molecule has 4 nitrogen and oxygen atoms in total. The second-order valence-corrected chi connectivity index (χ2v) is 7.61. The van der Waals surface area contributed by atoms with Crippen molar-refractivity contribution in [2.75, 3.05) is 13.7 Å². The van der Waals surface area contributed by atoms with E-state index < -0.39 is 0 Å². The normalized spacial score (nSPS) is 22.9. The predicted octanol–water partition coefficient (Wildman–Crippen LogP) is 4.27. The van der Waals surface area contributed by atoms with Gasteiger partial charge < -0.3 is 14.2 Å². The fourth-order valence-corrected chi connectivity index (χ4v) is 3.38. The first-order valence-corrected chi connectivity index (χ1v) is 9.22. The summed E-state index contributed by atoms with van der Waals surface area (Å²) in [5, 5.41) is 0. The van der Waals surface area contributed by atoms with E-state index in [4.69, 9.17) is 14.2 Å². The molecule has 1 fully saturated rings. The number of rotatable bonds is 10. The van der Waals surface area contributed by atoms with E-state index in [1.807, 2.05) is 12.3 Å². The fraction of sp³-hybridized carbons (Fsp3) is 0.750. The van der Waals surface area contributed by atoms with Crippen LogP contribution in [0.2, 0.25) is 0 Å². The van der Waals surface area contributed by atoms with Crippen LogP contribution in [-0.4, -0.2) is 37.0 Å². The van der Waals surface area contributed by atoms with Crippen LogP contribution in [0.15, 0.2) is 18.3 Å². The third kappa shape index (κ3) is 6.40. The zero-order valence-electron chi connectivity index (χ0n) is 15.8. The molecule has 136 valence electrons. The van der Waals surface area contributed by atoms with Crippen LogP contribution in [0.25, 0.3) is 0 Å². The zero-order chi connectivity index (χ0) is 17.5. The lowest BCUT2D eigenvalue weighted by Crippen LogP contribution is -2.40. The molecule has 24 heavy (non-hydrogen) atoms. The van der Waals surface area contributed by atoms with Crippen LogP contribution in [0, 0.1) is 11.8 Å². The lowest BCUT2D eigenvalue weighted by atomic mass is 9.91. The average molecular weight is 335 g/mol. The topological polar surface area (TPSA) is 40.6 Å². The highest BCUT2D eigenvalue weighted by atomic mass is 16.5. The molecule has 0 aromatic carbocycles. The van der Waals surface area contributed by atoms with Crippen molar-refractivity contribution in [1.82, 2.24) is 4.98 Å². The highest BCUT2D eigenvalue weighted by Crippen LogP contribution is 2.29. The standard InChI is InChI=1S/C20H33NO3/c1-14(2)23-19-10-20(11-19)24-18-7-6-17(21-12-18)9-15(3)8-16(4)13-22-5/h6-7,12,14-16,19-20H,8-11,13H2,1-5H3. The molecule has 0 amide bonds. The maximum atomic E-state index is 5.96. The van der Waals surface area contributed by atoms with Crippen LogP contribution in [0.5, 0.6) is 5.75 Å². The molecular formula is C20H33NO3. The van der Waals surface area contributed by atoms with E-state index in [0.717, 1.165) is 43.7 Å². The smallest absolute Gasteiger partial charge is 0.138 e.